The molecule has 1 heterocycles. The Kier molecular flexibility index (Phi) is 5.08. The molecule has 0 atom stereocenters. The van der Waals surface area contributed by atoms with Gasteiger partial charge >= 0.3 is 0 Å². The Labute approximate surface area is 116 Å². The minimum Gasteiger partial charge on any atom is -0.385 e. The zero-order valence-electron chi connectivity index (χ0n) is 12.4. The zero-order valence-corrected chi connectivity index (χ0v) is 12.4. The second-order valence-corrected chi connectivity index (χ2v) is 5.67. The quantitative estimate of drug-likeness (QED) is 0.852. The fraction of sp³-hybridized carbons (Fsp3) is 0.625. The first-order valence-corrected chi connectivity index (χ1v) is 7.32. The Hall–Kier alpha value is -1.22. The first-order valence-electron chi connectivity index (χ1n) is 7.32. The number of hydrogen-bond donors (Lipinski definition) is 1. The Morgan fingerprint density at radius 3 is 2.95 bits per heavy atom. The number of hydrogen-bond acceptors (Lipinski definition) is 3. The van der Waals surface area contributed by atoms with Crippen LogP contribution in [0.1, 0.15) is 25.8 Å². The van der Waals surface area contributed by atoms with Crippen LogP contribution in [-0.2, 0) is 11.2 Å². The van der Waals surface area contributed by atoms with E-state index in [4.69, 9.17) is 4.74 Å². The van der Waals surface area contributed by atoms with Gasteiger partial charge in [-0.2, -0.15) is 0 Å². The molecule has 19 heavy (non-hydrogen) atoms. The molecule has 1 aromatic carbocycles. The van der Waals surface area contributed by atoms with E-state index in [9.17, 15) is 0 Å². The molecule has 1 aliphatic heterocycles. The number of benzene rings is 1. The summed E-state index contributed by atoms with van der Waals surface area (Å²) in [6.45, 7) is 8.47. The van der Waals surface area contributed by atoms with Gasteiger partial charge in [0, 0.05) is 38.1 Å². The van der Waals surface area contributed by atoms with Gasteiger partial charge in [0.2, 0.25) is 0 Å². The highest BCUT2D eigenvalue weighted by molar-refractivity contribution is 5.67. The van der Waals surface area contributed by atoms with Gasteiger partial charge in [0.25, 0.3) is 0 Å². The molecule has 1 aliphatic rings. The summed E-state index contributed by atoms with van der Waals surface area (Å²) >= 11 is 0. The molecule has 0 aromatic heterocycles. The van der Waals surface area contributed by atoms with Gasteiger partial charge in [-0.3, -0.25) is 0 Å². The predicted octanol–water partition coefficient (Wildman–Crippen LogP) is 3.15. The van der Waals surface area contributed by atoms with Crippen molar-refractivity contribution in [2.45, 2.75) is 26.7 Å². The maximum atomic E-state index is 5.26. The largest absolute Gasteiger partial charge is 0.385 e. The molecular formula is C16H26N2O. The van der Waals surface area contributed by atoms with Crippen molar-refractivity contribution in [1.29, 1.82) is 0 Å². The van der Waals surface area contributed by atoms with Gasteiger partial charge in [0.1, 0.15) is 0 Å². The SMILES string of the molecule is COCCN(CC(C)C)c1cccc2c1CCCN2. The van der Waals surface area contributed by atoms with Crippen molar-refractivity contribution < 1.29 is 4.74 Å². The molecule has 3 nitrogen and oxygen atoms in total. The number of nitrogens with zero attached hydrogens (tertiary/aromatic N) is 1. The second-order valence-electron chi connectivity index (χ2n) is 5.67. The average molecular weight is 262 g/mol. The highest BCUT2D eigenvalue weighted by Gasteiger charge is 2.17. The monoisotopic (exact) mass is 262 g/mol. The molecule has 1 N–H and O–H groups in total. The number of methoxy groups -OCH3 is 1. The third-order valence-corrected chi connectivity index (χ3v) is 3.56. The van der Waals surface area contributed by atoms with E-state index in [-0.39, 0.29) is 0 Å². The lowest BCUT2D eigenvalue weighted by Crippen LogP contribution is -2.32. The summed E-state index contributed by atoms with van der Waals surface area (Å²) in [5, 5.41) is 3.51. The van der Waals surface area contributed by atoms with Crippen molar-refractivity contribution in [2.75, 3.05) is 43.6 Å². The van der Waals surface area contributed by atoms with Crippen LogP contribution >= 0.6 is 0 Å². The summed E-state index contributed by atoms with van der Waals surface area (Å²) in [4.78, 5) is 2.47. The van der Waals surface area contributed by atoms with Crippen LogP contribution in [0.5, 0.6) is 0 Å². The summed E-state index contributed by atoms with van der Waals surface area (Å²) in [5.41, 5.74) is 4.18. The topological polar surface area (TPSA) is 24.5 Å². The molecule has 0 amide bonds. The molecule has 2 rings (SSSR count). The third-order valence-electron chi connectivity index (χ3n) is 3.56. The van der Waals surface area contributed by atoms with Crippen LogP contribution in [0.3, 0.4) is 0 Å². The third kappa shape index (κ3) is 3.63. The van der Waals surface area contributed by atoms with E-state index in [0.717, 1.165) is 26.2 Å². The van der Waals surface area contributed by atoms with Crippen LogP contribution in [-0.4, -0.2) is 33.4 Å². The summed E-state index contributed by atoms with van der Waals surface area (Å²) in [7, 11) is 1.77. The molecule has 0 saturated heterocycles. The molecule has 0 radical (unpaired) electrons. The van der Waals surface area contributed by atoms with E-state index in [1.807, 2.05) is 0 Å². The maximum absolute atomic E-state index is 5.26. The van der Waals surface area contributed by atoms with Gasteiger partial charge in [-0.25, -0.2) is 0 Å². The van der Waals surface area contributed by atoms with Crippen molar-refractivity contribution >= 4 is 11.4 Å². The van der Waals surface area contributed by atoms with Crippen LogP contribution in [0.4, 0.5) is 11.4 Å². The van der Waals surface area contributed by atoms with Gasteiger partial charge in [-0.05, 0) is 36.5 Å². The Balaban J connectivity index is 2.24. The van der Waals surface area contributed by atoms with Crippen molar-refractivity contribution in [1.82, 2.24) is 0 Å². The van der Waals surface area contributed by atoms with E-state index in [1.165, 1.54) is 29.8 Å². The number of rotatable bonds is 6. The first-order chi connectivity index (χ1) is 9.22. The lowest BCUT2D eigenvalue weighted by molar-refractivity contribution is 0.204. The van der Waals surface area contributed by atoms with E-state index >= 15 is 0 Å². The normalized spacial score (nSPS) is 14.1. The smallest absolute Gasteiger partial charge is 0.0637 e. The van der Waals surface area contributed by atoms with Crippen molar-refractivity contribution in [3.8, 4) is 0 Å². The van der Waals surface area contributed by atoms with Gasteiger partial charge in [-0.15, -0.1) is 0 Å². The van der Waals surface area contributed by atoms with Gasteiger partial charge < -0.3 is 15.0 Å². The predicted molar refractivity (Wildman–Crippen MR) is 82.2 cm³/mol. The fourth-order valence-corrected chi connectivity index (χ4v) is 2.74. The first kappa shape index (κ1) is 14.2. The zero-order chi connectivity index (χ0) is 13.7. The van der Waals surface area contributed by atoms with Crippen molar-refractivity contribution in [2.24, 2.45) is 5.92 Å². The molecule has 3 heteroatoms. The number of fused-ring (bicyclic) bond motifs is 1. The second kappa shape index (κ2) is 6.80. The number of anilines is 2. The molecule has 0 saturated carbocycles. The van der Waals surface area contributed by atoms with Crippen molar-refractivity contribution in [3.63, 3.8) is 0 Å². The fourth-order valence-electron chi connectivity index (χ4n) is 2.74. The van der Waals surface area contributed by atoms with Gasteiger partial charge in [-0.1, -0.05) is 19.9 Å². The van der Waals surface area contributed by atoms with Gasteiger partial charge in [0.05, 0.1) is 6.61 Å². The molecule has 0 spiro atoms. The van der Waals surface area contributed by atoms with E-state index < -0.39 is 0 Å². The lowest BCUT2D eigenvalue weighted by Gasteiger charge is -2.31. The van der Waals surface area contributed by atoms with Crippen LogP contribution in [0.15, 0.2) is 18.2 Å². The molecule has 1 aromatic rings. The van der Waals surface area contributed by atoms with Gasteiger partial charge in [0.15, 0.2) is 0 Å². The summed E-state index contributed by atoms with van der Waals surface area (Å²) in [5.74, 6) is 0.657. The number of ether oxygens (including phenoxy) is 1. The lowest BCUT2D eigenvalue weighted by atomic mass is 10.00. The van der Waals surface area contributed by atoms with Crippen LogP contribution in [0.25, 0.3) is 0 Å². The highest BCUT2D eigenvalue weighted by atomic mass is 16.5. The molecule has 0 unspecified atom stereocenters. The molecule has 0 aliphatic carbocycles. The van der Waals surface area contributed by atoms with Crippen LogP contribution in [0.2, 0.25) is 0 Å². The minimum atomic E-state index is 0.657. The average Bonchev–Trinajstić information content (AvgIpc) is 2.42. The van der Waals surface area contributed by atoms with Crippen LogP contribution < -0.4 is 10.2 Å². The Morgan fingerprint density at radius 1 is 1.37 bits per heavy atom. The summed E-state index contributed by atoms with van der Waals surface area (Å²) < 4.78 is 5.26. The Bertz CT molecular complexity index is 404. The highest BCUT2D eigenvalue weighted by Crippen LogP contribution is 2.31. The number of nitrogens with one attached hydrogen (secondary N) is 1. The van der Waals surface area contributed by atoms with Crippen molar-refractivity contribution in [3.05, 3.63) is 23.8 Å². The molecular weight excluding hydrogens is 236 g/mol. The van der Waals surface area contributed by atoms with E-state index in [2.05, 4.69) is 42.3 Å². The molecule has 106 valence electrons. The van der Waals surface area contributed by atoms with E-state index in [0.29, 0.717) is 5.92 Å². The van der Waals surface area contributed by atoms with Crippen LogP contribution in [0, 0.1) is 5.92 Å². The Morgan fingerprint density at radius 2 is 2.21 bits per heavy atom. The molecule has 0 bridgehead atoms. The molecule has 0 fully saturated rings. The standard InChI is InChI=1S/C16H26N2O/c1-13(2)12-18(10-11-19-3)16-8-4-7-15-14(16)6-5-9-17-15/h4,7-8,13,17H,5-6,9-12H2,1-3H3. The summed E-state index contributed by atoms with van der Waals surface area (Å²) in [6.07, 6.45) is 2.41. The summed E-state index contributed by atoms with van der Waals surface area (Å²) in [6, 6.07) is 6.61. The minimum absolute atomic E-state index is 0.657. The maximum Gasteiger partial charge on any atom is 0.0637 e. The van der Waals surface area contributed by atoms with E-state index in [1.54, 1.807) is 7.11 Å².